The predicted molar refractivity (Wildman–Crippen MR) is 157 cm³/mol. The van der Waals surface area contributed by atoms with Gasteiger partial charge in [-0.05, 0) is 76.4 Å². The van der Waals surface area contributed by atoms with Crippen LogP contribution in [-0.4, -0.2) is 84.1 Å². The van der Waals surface area contributed by atoms with E-state index in [0.29, 0.717) is 44.8 Å². The fourth-order valence-corrected chi connectivity index (χ4v) is 6.29. The molecule has 0 aliphatic carbocycles. The lowest BCUT2D eigenvalue weighted by molar-refractivity contribution is -0.128. The molecule has 212 valence electrons. The minimum atomic E-state index is -0.219. The number of hydrogen-bond acceptors (Lipinski definition) is 8. The third-order valence-electron chi connectivity index (χ3n) is 8.81. The molecule has 3 aliphatic rings. The van der Waals surface area contributed by atoms with Crippen molar-refractivity contribution in [1.29, 1.82) is 5.26 Å². The second kappa shape index (κ2) is 12.3. The number of nitrogens with zero attached hydrogens (tertiary/aromatic N) is 7. The van der Waals surface area contributed by atoms with E-state index in [0.717, 1.165) is 49.4 Å². The molecule has 1 amide bonds. The van der Waals surface area contributed by atoms with E-state index in [9.17, 15) is 10.1 Å². The van der Waals surface area contributed by atoms with E-state index in [1.165, 1.54) is 29.3 Å². The van der Waals surface area contributed by atoms with Gasteiger partial charge in [0.05, 0.1) is 30.8 Å². The first kappa shape index (κ1) is 27.9. The van der Waals surface area contributed by atoms with Crippen LogP contribution in [0.15, 0.2) is 30.9 Å². The molecule has 2 saturated heterocycles. The van der Waals surface area contributed by atoms with Crippen LogP contribution in [0.25, 0.3) is 0 Å². The summed E-state index contributed by atoms with van der Waals surface area (Å²) in [5.41, 5.74) is 5.97. The van der Waals surface area contributed by atoms with Gasteiger partial charge in [0.2, 0.25) is 5.91 Å². The van der Waals surface area contributed by atoms with Gasteiger partial charge in [-0.25, -0.2) is 0 Å². The summed E-state index contributed by atoms with van der Waals surface area (Å²) < 4.78 is 6.29. The predicted octanol–water partition coefficient (Wildman–Crippen LogP) is 3.64. The zero-order valence-corrected chi connectivity index (χ0v) is 24.1. The van der Waals surface area contributed by atoms with Gasteiger partial charge in [-0.15, -0.1) is 0 Å². The molecule has 5 rings (SSSR count). The number of anilines is 2. The number of likely N-dealkylation sites (N-methyl/N-ethyl adjacent to an activating group) is 1. The highest BCUT2D eigenvalue weighted by molar-refractivity contribution is 5.87. The Morgan fingerprint density at radius 1 is 1.15 bits per heavy atom. The van der Waals surface area contributed by atoms with Gasteiger partial charge in [0.25, 0.3) is 0 Å². The number of fused-ring (bicyclic) bond motifs is 1. The number of nitriles is 1. The van der Waals surface area contributed by atoms with Crippen LogP contribution in [0.4, 0.5) is 11.5 Å². The van der Waals surface area contributed by atoms with Crippen LogP contribution in [0.2, 0.25) is 0 Å². The summed E-state index contributed by atoms with van der Waals surface area (Å²) >= 11 is 0. The number of carbonyl (C=O) groups is 1. The van der Waals surface area contributed by atoms with Crippen molar-refractivity contribution in [3.05, 3.63) is 53.2 Å². The molecule has 0 saturated carbocycles. The van der Waals surface area contributed by atoms with E-state index < -0.39 is 0 Å². The van der Waals surface area contributed by atoms with E-state index in [-0.39, 0.29) is 18.4 Å². The standard InChI is InChI=1S/C31H41N7O2/c1-5-29(39)38-18-17-37(19-24(38)13-14-32)30-26-11-8-16-36(28-12-6-9-22(2)23(28)3)20-27(26)33-31(34-30)40-21-25-10-7-15-35(25)4/h5-6,9,12,24-25H,1,7-8,10-11,13,15-21H2,2-4H3/t24?,25-/m0/s1. The third-order valence-corrected chi connectivity index (χ3v) is 8.81. The number of piperazine rings is 1. The molecular weight excluding hydrogens is 502 g/mol. The molecule has 1 aromatic heterocycles. The molecule has 0 spiro atoms. The first-order chi connectivity index (χ1) is 19.4. The minimum Gasteiger partial charge on any atom is -0.462 e. The second-order valence-corrected chi connectivity index (χ2v) is 11.3. The monoisotopic (exact) mass is 543 g/mol. The number of ether oxygens (including phenoxy) is 1. The lowest BCUT2D eigenvalue weighted by Crippen LogP contribution is -2.55. The van der Waals surface area contributed by atoms with Crippen molar-refractivity contribution in [2.24, 2.45) is 0 Å². The van der Waals surface area contributed by atoms with Crippen molar-refractivity contribution < 1.29 is 9.53 Å². The van der Waals surface area contributed by atoms with Crippen molar-refractivity contribution in [2.45, 2.75) is 64.6 Å². The Hall–Kier alpha value is -3.64. The summed E-state index contributed by atoms with van der Waals surface area (Å²) in [6, 6.07) is 9.31. The van der Waals surface area contributed by atoms with Gasteiger partial charge in [0.1, 0.15) is 12.4 Å². The number of amides is 1. The van der Waals surface area contributed by atoms with Gasteiger partial charge in [-0.3, -0.25) is 4.79 Å². The Morgan fingerprint density at radius 3 is 2.75 bits per heavy atom. The summed E-state index contributed by atoms with van der Waals surface area (Å²) in [5, 5.41) is 9.51. The average Bonchev–Trinajstić information content (AvgIpc) is 3.25. The fourth-order valence-electron chi connectivity index (χ4n) is 6.29. The molecule has 0 N–H and O–H groups in total. The Bertz CT molecular complexity index is 1290. The smallest absolute Gasteiger partial charge is 0.318 e. The van der Waals surface area contributed by atoms with Gasteiger partial charge in [-0.2, -0.15) is 15.2 Å². The van der Waals surface area contributed by atoms with Gasteiger partial charge < -0.3 is 24.3 Å². The van der Waals surface area contributed by atoms with Crippen molar-refractivity contribution in [3.63, 3.8) is 0 Å². The maximum Gasteiger partial charge on any atom is 0.318 e. The highest BCUT2D eigenvalue weighted by atomic mass is 16.5. The first-order valence-electron chi connectivity index (χ1n) is 14.5. The quantitative estimate of drug-likeness (QED) is 0.489. The van der Waals surface area contributed by atoms with E-state index in [1.54, 1.807) is 4.90 Å². The molecule has 40 heavy (non-hydrogen) atoms. The second-order valence-electron chi connectivity index (χ2n) is 11.3. The van der Waals surface area contributed by atoms with Crippen LogP contribution in [0.3, 0.4) is 0 Å². The van der Waals surface area contributed by atoms with E-state index >= 15 is 0 Å². The van der Waals surface area contributed by atoms with Crippen LogP contribution in [0.5, 0.6) is 6.01 Å². The zero-order valence-electron chi connectivity index (χ0n) is 24.1. The Balaban J connectivity index is 1.49. The van der Waals surface area contributed by atoms with Gasteiger partial charge in [0, 0.05) is 43.5 Å². The van der Waals surface area contributed by atoms with Gasteiger partial charge >= 0.3 is 6.01 Å². The molecule has 0 radical (unpaired) electrons. The average molecular weight is 544 g/mol. The lowest BCUT2D eigenvalue weighted by Gasteiger charge is -2.41. The summed E-state index contributed by atoms with van der Waals surface area (Å²) in [7, 11) is 2.14. The van der Waals surface area contributed by atoms with E-state index in [1.807, 2.05) is 0 Å². The van der Waals surface area contributed by atoms with E-state index in [2.05, 4.69) is 66.4 Å². The molecule has 1 aromatic carbocycles. The molecule has 9 nitrogen and oxygen atoms in total. The van der Waals surface area contributed by atoms with Crippen LogP contribution in [-0.2, 0) is 17.8 Å². The molecule has 3 aliphatic heterocycles. The zero-order chi connectivity index (χ0) is 28.2. The highest BCUT2D eigenvalue weighted by Crippen LogP contribution is 2.33. The number of rotatable bonds is 7. The van der Waals surface area contributed by atoms with Crippen LogP contribution in [0.1, 0.15) is 48.1 Å². The van der Waals surface area contributed by atoms with Crippen molar-refractivity contribution in [1.82, 2.24) is 19.8 Å². The van der Waals surface area contributed by atoms with Crippen LogP contribution >= 0.6 is 0 Å². The van der Waals surface area contributed by atoms with Gasteiger partial charge in [0.15, 0.2) is 0 Å². The highest BCUT2D eigenvalue weighted by Gasteiger charge is 2.33. The molecule has 2 atom stereocenters. The third kappa shape index (κ3) is 5.78. The van der Waals surface area contributed by atoms with Crippen molar-refractivity contribution >= 4 is 17.4 Å². The maximum atomic E-state index is 12.5. The number of aromatic nitrogens is 2. The maximum absolute atomic E-state index is 12.5. The topological polar surface area (TPSA) is 88.8 Å². The largest absolute Gasteiger partial charge is 0.462 e. The molecule has 4 heterocycles. The number of aryl methyl sites for hydroxylation is 1. The van der Waals surface area contributed by atoms with E-state index in [4.69, 9.17) is 14.7 Å². The normalized spacial score (nSPS) is 21.5. The number of hydrogen-bond donors (Lipinski definition) is 0. The molecule has 0 bridgehead atoms. The Kier molecular flexibility index (Phi) is 8.55. The minimum absolute atomic E-state index is 0.129. The van der Waals surface area contributed by atoms with Crippen LogP contribution in [0, 0.1) is 25.2 Å². The summed E-state index contributed by atoms with van der Waals surface area (Å²) in [4.78, 5) is 31.3. The SMILES string of the molecule is C=CC(=O)N1CCN(c2nc(OC[C@@H]3CCCN3C)nc3c2CCCN(c2cccc(C)c2C)C3)CC1CC#N. The lowest BCUT2D eigenvalue weighted by atomic mass is 10.1. The Labute approximate surface area is 238 Å². The summed E-state index contributed by atoms with van der Waals surface area (Å²) in [5.74, 6) is 0.756. The van der Waals surface area contributed by atoms with Crippen molar-refractivity contribution in [3.8, 4) is 12.1 Å². The first-order valence-corrected chi connectivity index (χ1v) is 14.5. The molecule has 1 unspecified atom stereocenters. The Morgan fingerprint density at radius 2 is 2.00 bits per heavy atom. The van der Waals surface area contributed by atoms with Gasteiger partial charge in [-0.1, -0.05) is 18.7 Å². The number of carbonyl (C=O) groups excluding carboxylic acids is 1. The summed E-state index contributed by atoms with van der Waals surface area (Å²) in [6.07, 6.45) is 5.75. The van der Waals surface area contributed by atoms with Crippen molar-refractivity contribution in [2.75, 3.05) is 56.2 Å². The molecule has 2 fully saturated rings. The molecule has 9 heteroatoms. The molecular formula is C31H41N7O2. The fraction of sp³-hybridized carbons (Fsp3) is 0.548. The molecule has 2 aromatic rings. The number of benzene rings is 1. The summed E-state index contributed by atoms with van der Waals surface area (Å²) in [6.45, 7) is 13.0. The number of likely N-dealkylation sites (tertiary alicyclic amines) is 1. The van der Waals surface area contributed by atoms with Crippen LogP contribution < -0.4 is 14.5 Å².